The molecule has 1 heterocycles. The summed E-state index contributed by atoms with van der Waals surface area (Å²) in [5.74, 6) is -0.0351. The average Bonchev–Trinajstić information content (AvgIpc) is 3.06. The molecule has 0 spiro atoms. The van der Waals surface area contributed by atoms with Crippen molar-refractivity contribution in [3.8, 4) is 5.75 Å². The molecule has 1 aliphatic rings. The maximum atomic E-state index is 12.0. The molecule has 2 rings (SSSR count). The number of hydroxylamine groups is 2. The predicted molar refractivity (Wildman–Crippen MR) is 80.6 cm³/mol. The van der Waals surface area contributed by atoms with Crippen molar-refractivity contribution in [2.75, 3.05) is 27.3 Å². The minimum Gasteiger partial charge on any atom is -0.495 e. The molecule has 0 aromatic heterocycles. The molecule has 0 bridgehead atoms. The van der Waals surface area contributed by atoms with Crippen LogP contribution in [0.15, 0.2) is 29.2 Å². The summed E-state index contributed by atoms with van der Waals surface area (Å²) in [6.45, 7) is 1.10. The first-order valence-corrected chi connectivity index (χ1v) is 8.20. The molecule has 1 aromatic carbocycles. The fraction of sp³-hybridized carbons (Fsp3) is 0.357. The standard InChI is InChI=1S/C14H18N2O5S/c1-15-22(18,19)13-10-11(4-6-12(13)20-2)5-7-14(17)16-8-3-9-21-16/h4-7,10,15H,3,8-9H2,1-2H3/b7-5+. The zero-order valence-corrected chi connectivity index (χ0v) is 13.2. The molecule has 1 aliphatic heterocycles. The Labute approximate surface area is 129 Å². The highest BCUT2D eigenvalue weighted by Gasteiger charge is 2.19. The van der Waals surface area contributed by atoms with Crippen LogP contribution in [0.3, 0.4) is 0 Å². The van der Waals surface area contributed by atoms with Gasteiger partial charge in [0.15, 0.2) is 0 Å². The summed E-state index contributed by atoms with van der Waals surface area (Å²) in [6.07, 6.45) is 3.70. The van der Waals surface area contributed by atoms with Crippen LogP contribution in [0.1, 0.15) is 12.0 Å². The molecule has 1 aromatic rings. The lowest BCUT2D eigenvalue weighted by Crippen LogP contribution is -2.24. The molecule has 1 N–H and O–H groups in total. The molecule has 120 valence electrons. The highest BCUT2D eigenvalue weighted by atomic mass is 32.2. The Balaban J connectivity index is 2.25. The van der Waals surface area contributed by atoms with E-state index in [9.17, 15) is 13.2 Å². The maximum absolute atomic E-state index is 12.0. The van der Waals surface area contributed by atoms with Crippen molar-refractivity contribution in [2.45, 2.75) is 11.3 Å². The second-order valence-corrected chi connectivity index (χ2v) is 6.43. The van der Waals surface area contributed by atoms with Gasteiger partial charge in [0.25, 0.3) is 5.91 Å². The van der Waals surface area contributed by atoms with E-state index in [2.05, 4.69) is 4.72 Å². The van der Waals surface area contributed by atoms with Crippen LogP contribution >= 0.6 is 0 Å². The fourth-order valence-corrected chi connectivity index (χ4v) is 2.92. The van der Waals surface area contributed by atoms with Crippen LogP contribution in [0.2, 0.25) is 0 Å². The summed E-state index contributed by atoms with van der Waals surface area (Å²) >= 11 is 0. The summed E-state index contributed by atoms with van der Waals surface area (Å²) in [5.41, 5.74) is 0.571. The number of carbonyl (C=O) groups excluding carboxylic acids is 1. The highest BCUT2D eigenvalue weighted by molar-refractivity contribution is 7.89. The zero-order valence-electron chi connectivity index (χ0n) is 12.4. The van der Waals surface area contributed by atoms with Gasteiger partial charge >= 0.3 is 0 Å². The number of amides is 1. The monoisotopic (exact) mass is 326 g/mol. The van der Waals surface area contributed by atoms with Crippen LogP contribution in [0, 0.1) is 0 Å². The lowest BCUT2D eigenvalue weighted by Gasteiger charge is -2.11. The number of hydrogen-bond donors (Lipinski definition) is 1. The van der Waals surface area contributed by atoms with E-state index < -0.39 is 10.0 Å². The van der Waals surface area contributed by atoms with Crippen molar-refractivity contribution in [3.63, 3.8) is 0 Å². The van der Waals surface area contributed by atoms with Crippen molar-refractivity contribution in [3.05, 3.63) is 29.8 Å². The number of sulfonamides is 1. The average molecular weight is 326 g/mol. The third-order valence-corrected chi connectivity index (χ3v) is 4.60. The van der Waals surface area contributed by atoms with Crippen molar-refractivity contribution < 1.29 is 22.8 Å². The second kappa shape index (κ2) is 6.91. The Morgan fingerprint density at radius 3 is 2.82 bits per heavy atom. The van der Waals surface area contributed by atoms with Crippen molar-refractivity contribution in [2.24, 2.45) is 0 Å². The van der Waals surface area contributed by atoms with E-state index in [1.165, 1.54) is 37.4 Å². The van der Waals surface area contributed by atoms with Gasteiger partial charge < -0.3 is 4.74 Å². The Bertz CT molecular complexity index is 678. The molecular weight excluding hydrogens is 308 g/mol. The molecule has 0 aliphatic carbocycles. The number of rotatable bonds is 5. The maximum Gasteiger partial charge on any atom is 0.270 e. The van der Waals surface area contributed by atoms with E-state index in [0.717, 1.165) is 6.42 Å². The summed E-state index contributed by atoms with van der Waals surface area (Å²) in [7, 11) is -0.925. The number of carbonyl (C=O) groups is 1. The number of methoxy groups -OCH3 is 1. The number of nitrogens with one attached hydrogen (secondary N) is 1. The Hall–Kier alpha value is -1.90. The largest absolute Gasteiger partial charge is 0.495 e. The highest BCUT2D eigenvalue weighted by Crippen LogP contribution is 2.25. The van der Waals surface area contributed by atoms with E-state index in [4.69, 9.17) is 9.57 Å². The van der Waals surface area contributed by atoms with Crippen molar-refractivity contribution >= 4 is 22.0 Å². The molecule has 0 atom stereocenters. The van der Waals surface area contributed by atoms with Crippen LogP contribution in [0.4, 0.5) is 0 Å². The lowest BCUT2D eigenvalue weighted by molar-refractivity contribution is -0.162. The van der Waals surface area contributed by atoms with Gasteiger partial charge in [-0.25, -0.2) is 18.2 Å². The zero-order chi connectivity index (χ0) is 16.2. The Morgan fingerprint density at radius 1 is 1.45 bits per heavy atom. The first kappa shape index (κ1) is 16.5. The van der Waals surface area contributed by atoms with Crippen LogP contribution in [-0.2, 0) is 19.7 Å². The third kappa shape index (κ3) is 3.65. The van der Waals surface area contributed by atoms with Gasteiger partial charge in [-0.2, -0.15) is 0 Å². The number of benzene rings is 1. The molecule has 1 saturated heterocycles. The topological polar surface area (TPSA) is 84.9 Å². The Kier molecular flexibility index (Phi) is 5.17. The van der Waals surface area contributed by atoms with Gasteiger partial charge in [0.1, 0.15) is 10.6 Å². The van der Waals surface area contributed by atoms with E-state index >= 15 is 0 Å². The molecule has 0 unspecified atom stereocenters. The van der Waals surface area contributed by atoms with E-state index in [1.54, 1.807) is 12.1 Å². The van der Waals surface area contributed by atoms with Crippen LogP contribution in [0.5, 0.6) is 5.75 Å². The van der Waals surface area contributed by atoms with E-state index in [1.807, 2.05) is 0 Å². The second-order valence-electron chi connectivity index (χ2n) is 4.58. The summed E-state index contributed by atoms with van der Waals surface area (Å²) in [6, 6.07) is 4.65. The minimum absolute atomic E-state index is 0.0181. The van der Waals surface area contributed by atoms with Crippen LogP contribution in [-0.4, -0.2) is 46.7 Å². The molecule has 1 amide bonds. The van der Waals surface area contributed by atoms with Crippen molar-refractivity contribution in [1.82, 2.24) is 9.79 Å². The predicted octanol–water partition coefficient (Wildman–Crippen LogP) is 0.780. The molecular formula is C14H18N2O5S. The first-order chi connectivity index (χ1) is 10.5. The summed E-state index contributed by atoms with van der Waals surface area (Å²) in [4.78, 5) is 17.0. The molecule has 22 heavy (non-hydrogen) atoms. The van der Waals surface area contributed by atoms with Crippen LogP contribution in [0.25, 0.3) is 6.08 Å². The van der Waals surface area contributed by atoms with E-state index in [0.29, 0.717) is 18.7 Å². The molecule has 1 fully saturated rings. The smallest absolute Gasteiger partial charge is 0.270 e. The SMILES string of the molecule is CNS(=O)(=O)c1cc(/C=C/C(=O)N2CCCO2)ccc1OC. The number of ether oxygens (including phenoxy) is 1. The molecule has 0 saturated carbocycles. The van der Waals surface area contributed by atoms with Gasteiger partial charge in [-0.3, -0.25) is 9.63 Å². The normalized spacial score (nSPS) is 15.5. The first-order valence-electron chi connectivity index (χ1n) is 6.72. The summed E-state index contributed by atoms with van der Waals surface area (Å²) < 4.78 is 31.2. The Morgan fingerprint density at radius 2 is 2.23 bits per heavy atom. The molecule has 0 radical (unpaired) electrons. The minimum atomic E-state index is -3.65. The van der Waals surface area contributed by atoms with E-state index in [-0.39, 0.29) is 16.6 Å². The van der Waals surface area contributed by atoms with Crippen molar-refractivity contribution in [1.29, 1.82) is 0 Å². The quantitative estimate of drug-likeness (QED) is 0.808. The van der Waals surface area contributed by atoms with Gasteiger partial charge in [0.05, 0.1) is 20.3 Å². The van der Waals surface area contributed by atoms with Gasteiger partial charge in [-0.15, -0.1) is 0 Å². The fourth-order valence-electron chi connectivity index (χ4n) is 1.99. The molecule has 7 nitrogen and oxygen atoms in total. The van der Waals surface area contributed by atoms with Crippen LogP contribution < -0.4 is 9.46 Å². The molecule has 8 heteroatoms. The van der Waals surface area contributed by atoms with Gasteiger partial charge in [0.2, 0.25) is 10.0 Å². The number of nitrogens with zero attached hydrogens (tertiary/aromatic N) is 1. The summed E-state index contributed by atoms with van der Waals surface area (Å²) in [5, 5.41) is 1.28. The lowest BCUT2D eigenvalue weighted by atomic mass is 10.2. The third-order valence-electron chi connectivity index (χ3n) is 3.16. The van der Waals surface area contributed by atoms with Gasteiger partial charge in [-0.05, 0) is 37.2 Å². The van der Waals surface area contributed by atoms with Gasteiger partial charge in [-0.1, -0.05) is 6.07 Å². The van der Waals surface area contributed by atoms with Gasteiger partial charge in [0, 0.05) is 6.08 Å². The number of hydrogen-bond acceptors (Lipinski definition) is 5.